The zero-order chi connectivity index (χ0) is 20.5. The molecule has 0 saturated carbocycles. The Morgan fingerprint density at radius 2 is 1.86 bits per heavy atom. The summed E-state index contributed by atoms with van der Waals surface area (Å²) in [5, 5.41) is 3.12. The van der Waals surface area contributed by atoms with Gasteiger partial charge in [-0.3, -0.25) is 14.5 Å². The van der Waals surface area contributed by atoms with E-state index in [1.165, 1.54) is 18.2 Å². The minimum Gasteiger partial charge on any atom is -0.324 e. The van der Waals surface area contributed by atoms with Gasteiger partial charge in [-0.15, -0.1) is 0 Å². The van der Waals surface area contributed by atoms with Gasteiger partial charge in [-0.1, -0.05) is 23.7 Å². The number of aliphatic imine (C=N–C) groups is 1. The van der Waals surface area contributed by atoms with Crippen molar-refractivity contribution in [2.75, 3.05) is 11.9 Å². The quantitative estimate of drug-likeness (QED) is 0.792. The van der Waals surface area contributed by atoms with Gasteiger partial charge in [0, 0.05) is 16.3 Å². The van der Waals surface area contributed by atoms with Crippen molar-refractivity contribution in [2.24, 2.45) is 4.99 Å². The summed E-state index contributed by atoms with van der Waals surface area (Å²) in [6.07, 6.45) is 0. The molecule has 2 aromatic rings. The Balaban J connectivity index is 1.80. The smallest absolute Gasteiger partial charge is 0.264 e. The zero-order valence-electron chi connectivity index (χ0n) is 15.1. The van der Waals surface area contributed by atoms with E-state index >= 15 is 0 Å². The minimum atomic E-state index is -3.79. The van der Waals surface area contributed by atoms with E-state index in [0.717, 1.165) is 0 Å². The van der Waals surface area contributed by atoms with E-state index in [1.54, 1.807) is 38.1 Å². The topological polar surface area (TPSA) is 87.6 Å². The Bertz CT molecular complexity index is 1110. The van der Waals surface area contributed by atoms with Crippen molar-refractivity contribution >= 4 is 44.0 Å². The summed E-state index contributed by atoms with van der Waals surface area (Å²) in [6, 6.07) is 10.4. The Kier molecular flexibility index (Phi) is 5.53. The maximum Gasteiger partial charge on any atom is 0.264 e. The average Bonchev–Trinajstić information content (AvgIpc) is 2.85. The number of hydrogen-bond acceptors (Lipinski definition) is 4. The fourth-order valence-electron chi connectivity index (χ4n) is 2.80. The number of aryl methyl sites for hydroxylation is 1. The predicted octanol–water partition coefficient (Wildman–Crippen LogP) is 3.49. The van der Waals surface area contributed by atoms with E-state index in [9.17, 15) is 17.6 Å². The molecule has 9 heteroatoms. The van der Waals surface area contributed by atoms with Crippen LogP contribution in [0.1, 0.15) is 18.1 Å². The molecule has 6 nitrogen and oxygen atoms in total. The molecule has 0 unspecified atom stereocenters. The van der Waals surface area contributed by atoms with Crippen LogP contribution >= 0.6 is 11.6 Å². The Labute approximate surface area is 167 Å². The van der Waals surface area contributed by atoms with Crippen LogP contribution in [0.4, 0.5) is 10.1 Å². The fourth-order valence-corrected chi connectivity index (χ4v) is 4.44. The Hall–Kier alpha value is -2.71. The van der Waals surface area contributed by atoms with Gasteiger partial charge in [0.15, 0.2) is 0 Å². The molecule has 1 aliphatic rings. The first-order valence-corrected chi connectivity index (χ1v) is 10.1. The summed E-state index contributed by atoms with van der Waals surface area (Å²) in [4.78, 5) is 16.3. The number of amides is 1. The first kappa shape index (κ1) is 20.0. The number of sulfonamides is 1. The lowest BCUT2D eigenvalue weighted by Gasteiger charge is -2.07. The number of nitrogens with one attached hydrogen (secondary N) is 2. The van der Waals surface area contributed by atoms with Crippen molar-refractivity contribution < 1.29 is 17.6 Å². The van der Waals surface area contributed by atoms with E-state index in [1.807, 2.05) is 0 Å². The molecule has 1 aliphatic heterocycles. The van der Waals surface area contributed by atoms with Gasteiger partial charge >= 0.3 is 0 Å². The molecular formula is C19H17ClFN3O3S. The third-order valence-corrected chi connectivity index (χ3v) is 5.94. The van der Waals surface area contributed by atoms with E-state index in [2.05, 4.69) is 15.0 Å². The molecule has 1 amide bonds. The first-order chi connectivity index (χ1) is 13.2. The van der Waals surface area contributed by atoms with Crippen molar-refractivity contribution in [1.29, 1.82) is 0 Å². The van der Waals surface area contributed by atoms with Gasteiger partial charge in [0.2, 0.25) is 5.91 Å². The number of anilines is 1. The second-order valence-electron chi connectivity index (χ2n) is 6.24. The number of carbonyl (C=O) groups excluding carboxylic acids is 1. The third-order valence-electron chi connectivity index (χ3n) is 4.15. The van der Waals surface area contributed by atoms with Crippen LogP contribution in [-0.4, -0.2) is 26.7 Å². The van der Waals surface area contributed by atoms with Gasteiger partial charge in [0.25, 0.3) is 10.0 Å². The summed E-state index contributed by atoms with van der Waals surface area (Å²) < 4.78 is 40.4. The SMILES string of the molecule is CC1=C(c2ccc(Cl)cc2)S(=O)(=O)NC1=NCC(=O)Nc1ccc(F)cc1C. The van der Waals surface area contributed by atoms with Gasteiger partial charge in [-0.05, 0) is 55.3 Å². The highest BCUT2D eigenvalue weighted by Gasteiger charge is 2.32. The maximum atomic E-state index is 13.1. The number of nitrogens with zero attached hydrogens (tertiary/aromatic N) is 1. The molecule has 0 aromatic heterocycles. The number of benzene rings is 2. The molecule has 0 fully saturated rings. The largest absolute Gasteiger partial charge is 0.324 e. The summed E-state index contributed by atoms with van der Waals surface area (Å²) in [5.74, 6) is -0.739. The van der Waals surface area contributed by atoms with Gasteiger partial charge in [-0.25, -0.2) is 12.8 Å². The average molecular weight is 422 g/mol. The van der Waals surface area contributed by atoms with Crippen LogP contribution < -0.4 is 10.0 Å². The lowest BCUT2D eigenvalue weighted by Crippen LogP contribution is -2.25. The molecule has 0 bridgehead atoms. The van der Waals surface area contributed by atoms with E-state index in [0.29, 0.717) is 27.4 Å². The van der Waals surface area contributed by atoms with E-state index < -0.39 is 21.7 Å². The number of carbonyl (C=O) groups is 1. The Morgan fingerprint density at radius 1 is 1.18 bits per heavy atom. The molecular weight excluding hydrogens is 405 g/mol. The molecule has 28 heavy (non-hydrogen) atoms. The van der Waals surface area contributed by atoms with Gasteiger partial charge < -0.3 is 5.32 Å². The maximum absolute atomic E-state index is 13.1. The fraction of sp³-hybridized carbons (Fsp3) is 0.158. The highest BCUT2D eigenvalue weighted by atomic mass is 35.5. The van der Waals surface area contributed by atoms with Crippen molar-refractivity contribution in [3.8, 4) is 0 Å². The van der Waals surface area contributed by atoms with Crippen molar-refractivity contribution in [2.45, 2.75) is 13.8 Å². The lowest BCUT2D eigenvalue weighted by molar-refractivity contribution is -0.114. The molecule has 2 aromatic carbocycles. The molecule has 0 saturated heterocycles. The van der Waals surface area contributed by atoms with Crippen molar-refractivity contribution in [3.05, 3.63) is 70.0 Å². The van der Waals surface area contributed by atoms with Gasteiger partial charge in [0.05, 0.1) is 0 Å². The van der Waals surface area contributed by atoms with Gasteiger partial charge in [0.1, 0.15) is 23.1 Å². The highest BCUT2D eigenvalue weighted by Crippen LogP contribution is 2.30. The zero-order valence-corrected chi connectivity index (χ0v) is 16.7. The summed E-state index contributed by atoms with van der Waals surface area (Å²) >= 11 is 5.86. The normalized spacial score (nSPS) is 16.9. The first-order valence-electron chi connectivity index (χ1n) is 8.28. The number of halogens is 2. The van der Waals surface area contributed by atoms with Crippen LogP contribution in [0, 0.1) is 12.7 Å². The molecule has 3 rings (SSSR count). The standard InChI is InChI=1S/C19H17ClFN3O3S/c1-11-9-15(21)7-8-16(11)23-17(25)10-22-19-12(2)18(28(26,27)24-19)13-3-5-14(20)6-4-13/h3-9H,10H2,1-2H3,(H,22,24)(H,23,25). The van der Waals surface area contributed by atoms with Crippen LogP contribution in [0.5, 0.6) is 0 Å². The minimum absolute atomic E-state index is 0.0951. The Morgan fingerprint density at radius 3 is 2.50 bits per heavy atom. The lowest BCUT2D eigenvalue weighted by atomic mass is 10.1. The molecule has 0 radical (unpaired) electrons. The van der Waals surface area contributed by atoms with E-state index in [-0.39, 0.29) is 17.3 Å². The second kappa shape index (κ2) is 7.73. The monoisotopic (exact) mass is 421 g/mol. The second-order valence-corrected chi connectivity index (χ2v) is 8.29. The van der Waals surface area contributed by atoms with Crippen LogP contribution in [0.15, 0.2) is 53.0 Å². The van der Waals surface area contributed by atoms with Crippen molar-refractivity contribution in [3.63, 3.8) is 0 Å². The summed E-state index contributed by atoms with van der Waals surface area (Å²) in [5.41, 5.74) is 1.93. The number of amidine groups is 1. The van der Waals surface area contributed by atoms with Crippen LogP contribution in [0.3, 0.4) is 0 Å². The molecule has 0 aliphatic carbocycles. The number of hydrogen-bond donors (Lipinski definition) is 2. The van der Waals surface area contributed by atoms with Crippen LogP contribution in [0.25, 0.3) is 4.91 Å². The molecule has 146 valence electrons. The highest BCUT2D eigenvalue weighted by molar-refractivity contribution is 8.00. The van der Waals surface area contributed by atoms with Gasteiger partial charge in [-0.2, -0.15) is 0 Å². The third kappa shape index (κ3) is 4.23. The molecule has 2 N–H and O–H groups in total. The molecule has 0 spiro atoms. The molecule has 1 heterocycles. The van der Waals surface area contributed by atoms with E-state index in [4.69, 9.17) is 11.6 Å². The summed E-state index contributed by atoms with van der Waals surface area (Å²) in [6.45, 7) is 2.99. The number of rotatable bonds is 4. The van der Waals surface area contributed by atoms with Crippen molar-refractivity contribution in [1.82, 2.24) is 4.72 Å². The van der Waals surface area contributed by atoms with Crippen LogP contribution in [-0.2, 0) is 14.8 Å². The molecule has 0 atom stereocenters. The predicted molar refractivity (Wildman–Crippen MR) is 108 cm³/mol. The van der Waals surface area contributed by atoms with Crippen LogP contribution in [0.2, 0.25) is 5.02 Å². The summed E-state index contributed by atoms with van der Waals surface area (Å²) in [7, 11) is -3.79.